The van der Waals surface area contributed by atoms with Crippen molar-refractivity contribution in [1.29, 1.82) is 0 Å². The van der Waals surface area contributed by atoms with Crippen LogP contribution in [0.3, 0.4) is 0 Å². The van der Waals surface area contributed by atoms with Gasteiger partial charge in [0.1, 0.15) is 67.0 Å². The fourth-order valence-corrected chi connectivity index (χ4v) is 13.3. The van der Waals surface area contributed by atoms with E-state index in [9.17, 15) is 38.7 Å². The first-order valence-corrected chi connectivity index (χ1v) is 35.3. The van der Waals surface area contributed by atoms with E-state index in [1.807, 2.05) is 48.5 Å². The smallest absolute Gasteiger partial charge is 0.247 e. The maximum Gasteiger partial charge on any atom is 0.247 e. The van der Waals surface area contributed by atoms with Gasteiger partial charge in [-0.1, -0.05) is 95.2 Å². The third-order valence-electron chi connectivity index (χ3n) is 19.4. The fourth-order valence-electron chi connectivity index (χ4n) is 13.3. The molecule has 0 saturated carbocycles. The van der Waals surface area contributed by atoms with E-state index in [2.05, 4.69) is 31.5 Å². The molecule has 0 radical (unpaired) electrons. The van der Waals surface area contributed by atoms with Crippen molar-refractivity contribution < 1.29 is 67.4 Å². The van der Waals surface area contributed by atoms with Gasteiger partial charge in [0.25, 0.3) is 0 Å². The molecule has 0 aromatic carbocycles. The predicted molar refractivity (Wildman–Crippen MR) is 374 cm³/mol. The summed E-state index contributed by atoms with van der Waals surface area (Å²) in [6, 6.07) is -13.7. The molecule has 3 fully saturated rings. The zero-order valence-electron chi connectivity index (χ0n) is 63.3. The molecule has 28 heteroatoms. The molecule has 3 rings (SSSR count). The Morgan fingerprint density at radius 1 is 0.582 bits per heavy atom. The number of aliphatic hydroxyl groups excluding tert-OH is 1. The van der Waals surface area contributed by atoms with E-state index >= 15 is 24.0 Å². The van der Waals surface area contributed by atoms with E-state index in [0.717, 1.165) is 36.0 Å². The summed E-state index contributed by atoms with van der Waals surface area (Å²) in [7, 11) is 9.84. The van der Waals surface area contributed by atoms with Crippen molar-refractivity contribution in [3.05, 3.63) is 12.2 Å². The highest BCUT2D eigenvalue weighted by Crippen LogP contribution is 2.31. The van der Waals surface area contributed by atoms with Crippen LogP contribution in [-0.4, -0.2) is 301 Å². The van der Waals surface area contributed by atoms with E-state index in [-0.39, 0.29) is 55.9 Å². The number of allylic oxidation sites excluding steroid dienone is 2. The molecule has 558 valence electrons. The lowest BCUT2D eigenvalue weighted by Crippen LogP contribution is -2.63. The third-order valence-corrected chi connectivity index (χ3v) is 19.4. The molecular formula is C70H124N14O14. The number of aliphatic hydroxyl groups is 1. The Balaban J connectivity index is 2.33. The molecule has 12 amide bonds. The average molecular weight is 1390 g/mol. The highest BCUT2D eigenvalue weighted by molar-refractivity contribution is 6.00. The molecule has 98 heavy (non-hydrogen) atoms. The lowest BCUT2D eigenvalue weighted by atomic mass is 9.91. The van der Waals surface area contributed by atoms with E-state index in [1.54, 1.807) is 67.5 Å². The highest BCUT2D eigenvalue weighted by atomic mass is 16.5. The minimum atomic E-state index is -1.64. The number of nitrogens with one attached hydrogen (secondary N) is 5. The second-order valence-electron chi connectivity index (χ2n) is 29.5. The molecule has 4 unspecified atom stereocenters. The van der Waals surface area contributed by atoms with Crippen molar-refractivity contribution in [3.8, 4) is 0 Å². The van der Waals surface area contributed by atoms with Gasteiger partial charge < -0.3 is 75.6 Å². The van der Waals surface area contributed by atoms with Crippen molar-refractivity contribution in [1.82, 2.24) is 70.7 Å². The molecule has 14 atom stereocenters. The quantitative estimate of drug-likeness (QED) is 0.0931. The Morgan fingerprint density at radius 2 is 1.07 bits per heavy atom. The zero-order valence-corrected chi connectivity index (χ0v) is 63.3. The maximum atomic E-state index is 15.4. The van der Waals surface area contributed by atoms with Crippen LogP contribution in [0.4, 0.5) is 0 Å². The first-order chi connectivity index (χ1) is 45.7. The van der Waals surface area contributed by atoms with E-state index in [4.69, 9.17) is 4.74 Å². The van der Waals surface area contributed by atoms with Crippen molar-refractivity contribution in [2.75, 3.05) is 102 Å². The normalized spacial score (nSPS) is 27.6. The van der Waals surface area contributed by atoms with Crippen molar-refractivity contribution in [3.63, 3.8) is 0 Å². The molecule has 28 nitrogen and oxygen atoms in total. The van der Waals surface area contributed by atoms with Gasteiger partial charge in [-0.05, 0) is 102 Å². The Kier molecular flexibility index (Phi) is 34.2. The van der Waals surface area contributed by atoms with Gasteiger partial charge in [-0.15, -0.1) is 0 Å². The lowest BCUT2D eigenvalue weighted by molar-refractivity contribution is -0.157. The van der Waals surface area contributed by atoms with E-state index in [1.165, 1.54) is 85.7 Å². The average Bonchev–Trinajstić information content (AvgIpc) is 1.53. The Bertz CT molecular complexity index is 2760. The van der Waals surface area contributed by atoms with Gasteiger partial charge in [-0.3, -0.25) is 62.4 Å². The molecule has 6 N–H and O–H groups in total. The Morgan fingerprint density at radius 3 is 1.59 bits per heavy atom. The summed E-state index contributed by atoms with van der Waals surface area (Å²) in [6.07, 6.45) is 2.73. The largest absolute Gasteiger partial charge is 0.390 e. The number of amides is 12. The summed E-state index contributed by atoms with van der Waals surface area (Å²) in [5, 5.41) is 26.6. The molecule has 2 bridgehead atoms. The summed E-state index contributed by atoms with van der Waals surface area (Å²) in [6.45, 7) is 30.3. The number of hydrogen-bond acceptors (Lipinski definition) is 16. The van der Waals surface area contributed by atoms with Gasteiger partial charge in [0.2, 0.25) is 70.9 Å². The van der Waals surface area contributed by atoms with Gasteiger partial charge in [-0.2, -0.15) is 0 Å². The van der Waals surface area contributed by atoms with E-state index < -0.39 is 181 Å². The van der Waals surface area contributed by atoms with Gasteiger partial charge in [0, 0.05) is 94.1 Å². The van der Waals surface area contributed by atoms with Crippen molar-refractivity contribution in [2.45, 2.75) is 228 Å². The minimum Gasteiger partial charge on any atom is -0.390 e. The fraction of sp³-hybridized carbons (Fsp3) is 0.800. The number of fused-ring (bicyclic) bond motifs is 2. The first-order valence-electron chi connectivity index (χ1n) is 35.3. The number of piperazine rings is 1. The number of rotatable bonds is 20. The van der Waals surface area contributed by atoms with Gasteiger partial charge in [-0.25, -0.2) is 0 Å². The van der Waals surface area contributed by atoms with Crippen LogP contribution in [0.1, 0.15) is 149 Å². The van der Waals surface area contributed by atoms with Crippen LogP contribution in [0.5, 0.6) is 0 Å². The van der Waals surface area contributed by atoms with Gasteiger partial charge in [0.05, 0.1) is 19.3 Å². The Hall–Kier alpha value is -6.78. The number of nitrogens with zero attached hydrogens (tertiary/aromatic N) is 9. The van der Waals surface area contributed by atoms with Crippen LogP contribution in [0, 0.1) is 35.5 Å². The standard InChI is InChI=1S/C70H124N14O14/c1-24-26-27-45(13)60(87)59-63(90)74-49(25-2)64(91)76(17)37-56(86)77(18)54-35-46(14)84(68(54)95)58(44(11)12)70(97)78(19)51(32-40(3)4)62(89)73-48(16)61(88)75-50(38-98-39-55(85)72-36-47(15)83-30-28-71-29-31-83)65(92)79(20)52(33-41(5)6)66(93)80(21)53(34-42(7)8)67(94)81(22)57(43(9)10)69(96)82(59)23/h24,26,40-54,57-60,71,87H,25,27-39H2,1-23H3,(H,72,85)(H,73,89)(H,74,90)(H,75,88)/b26-24+/t45?,46?,47?,48-,49-,50+,51-,52-,53-,54-,57-,58-,59?,60-/m0/s1. The molecule has 3 aliphatic rings. The summed E-state index contributed by atoms with van der Waals surface area (Å²) in [5.74, 6) is -10.7. The summed E-state index contributed by atoms with van der Waals surface area (Å²) in [5.41, 5.74) is 0. The number of carbonyl (C=O) groups excluding carboxylic acids is 12. The zero-order chi connectivity index (χ0) is 74.7. The topological polar surface area (TPSA) is 324 Å². The summed E-state index contributed by atoms with van der Waals surface area (Å²) in [4.78, 5) is 189. The monoisotopic (exact) mass is 1380 g/mol. The van der Waals surface area contributed by atoms with Gasteiger partial charge >= 0.3 is 0 Å². The van der Waals surface area contributed by atoms with Crippen molar-refractivity contribution in [2.24, 2.45) is 35.5 Å². The molecule has 3 saturated heterocycles. The number of likely N-dealkylation sites (N-methyl/N-ethyl adjacent to an activating group) is 7. The van der Waals surface area contributed by atoms with Crippen LogP contribution in [0.2, 0.25) is 0 Å². The molecule has 3 aliphatic heterocycles. The van der Waals surface area contributed by atoms with Crippen LogP contribution in [-0.2, 0) is 62.3 Å². The molecule has 0 aliphatic carbocycles. The maximum absolute atomic E-state index is 15.4. The lowest BCUT2D eigenvalue weighted by Gasteiger charge is -2.41. The Labute approximate surface area is 584 Å². The van der Waals surface area contributed by atoms with Crippen LogP contribution >= 0.6 is 0 Å². The summed E-state index contributed by atoms with van der Waals surface area (Å²) < 4.78 is 5.92. The second kappa shape index (κ2) is 39.3. The summed E-state index contributed by atoms with van der Waals surface area (Å²) >= 11 is 0. The predicted octanol–water partition coefficient (Wildman–Crippen LogP) is 1.13. The SMILES string of the molecule is C/C=C/CC(C)[C@H](O)C1C(=O)N[C@@H](CC)C(=O)N(C)CC(=O)N(C)[C@H]2CC(C)N(C2=O)[C@@H](C(C)C)C(=O)N(C)[C@@H](CC(C)C)C(=O)N[C@@H](C)C(=O)N[C@H](COCC(=O)NCC(C)N2CCNCC2)C(=O)N(C)[C@@H](CC(C)C)C(=O)N(C)[C@@H](CC(C)C)C(=O)N(C)[C@@H](C(C)C)C(=O)N1C. The number of hydrogen-bond donors (Lipinski definition) is 6. The molecule has 0 aromatic heterocycles. The van der Waals surface area contributed by atoms with Crippen LogP contribution < -0.4 is 26.6 Å². The first kappa shape index (κ1) is 85.4. The van der Waals surface area contributed by atoms with Crippen molar-refractivity contribution >= 4 is 70.9 Å². The van der Waals surface area contributed by atoms with Crippen LogP contribution in [0.15, 0.2) is 12.2 Å². The van der Waals surface area contributed by atoms with Gasteiger partial charge in [0.15, 0.2) is 0 Å². The number of carbonyl (C=O) groups is 12. The molecule has 0 spiro atoms. The highest BCUT2D eigenvalue weighted by Gasteiger charge is 2.50. The molecular weight excluding hydrogens is 1260 g/mol. The minimum absolute atomic E-state index is 0.00442. The third kappa shape index (κ3) is 22.9. The number of ether oxygens (including phenoxy) is 1. The van der Waals surface area contributed by atoms with E-state index in [0.29, 0.717) is 13.0 Å². The molecule has 3 heterocycles. The molecule has 0 aromatic rings. The van der Waals surface area contributed by atoms with Crippen LogP contribution in [0.25, 0.3) is 0 Å². The second-order valence-corrected chi connectivity index (χ2v) is 29.5.